The lowest BCUT2D eigenvalue weighted by Gasteiger charge is -2.02. The molecular weight excluding hydrogens is 201 g/mol. The van der Waals surface area contributed by atoms with E-state index in [9.17, 15) is 4.79 Å². The van der Waals surface area contributed by atoms with Crippen LogP contribution in [0.1, 0.15) is 10.5 Å². The smallest absolute Gasteiger partial charge is 0.482 e. The van der Waals surface area contributed by atoms with Crippen LogP contribution in [0, 0.1) is 0 Å². The van der Waals surface area contributed by atoms with Crippen LogP contribution >= 0.6 is 0 Å². The summed E-state index contributed by atoms with van der Waals surface area (Å²) in [6.45, 7) is 0. The van der Waals surface area contributed by atoms with Gasteiger partial charge in [0.1, 0.15) is 0 Å². The van der Waals surface area contributed by atoms with Gasteiger partial charge in [-0.3, -0.25) is 0 Å². The molecule has 0 bridgehead atoms. The second kappa shape index (κ2) is 3.33. The summed E-state index contributed by atoms with van der Waals surface area (Å²) in [6, 6.07) is 4.96. The summed E-state index contributed by atoms with van der Waals surface area (Å²) in [6.07, 6.45) is 0. The summed E-state index contributed by atoms with van der Waals surface area (Å²) in [4.78, 5) is 10.8. The van der Waals surface area contributed by atoms with Gasteiger partial charge in [0.15, 0.2) is 5.58 Å². The molecule has 0 saturated carbocycles. The minimum atomic E-state index is -1.14. The van der Waals surface area contributed by atoms with Gasteiger partial charge in [-0.25, -0.2) is 4.79 Å². The molecule has 0 saturated heterocycles. The van der Waals surface area contributed by atoms with E-state index < -0.39 is 5.97 Å². The van der Waals surface area contributed by atoms with Gasteiger partial charge < -0.3 is 13.4 Å². The van der Waals surface area contributed by atoms with Gasteiger partial charge in [-0.05, 0) is 12.1 Å². The van der Waals surface area contributed by atoms with Crippen LogP contribution in [0.2, 0.25) is 0 Å². The number of rotatable bonds is 2. The van der Waals surface area contributed by atoms with Crippen molar-refractivity contribution in [1.82, 2.24) is 5.16 Å². The zero-order valence-corrected chi connectivity index (χ0v) is 8.08. The molecule has 1 heterocycles. The highest BCUT2D eigenvalue weighted by Crippen LogP contribution is 2.28. The standard InChI is InChI=1S/C8H5NO4.Al/c10-4-2-1-3-5-6(4)7(8(11)12)9-13-5;/h1-3,10H,(H,11,12);/q;+1/p-1. The summed E-state index contributed by atoms with van der Waals surface area (Å²) in [5.74, 6) is -0.732. The first kappa shape index (κ1) is 9.06. The average Bonchev–Trinajstić information content (AvgIpc) is 2.60. The predicted octanol–water partition coefficient (Wildman–Crippen LogP) is 0.988. The van der Waals surface area contributed by atoms with Crippen molar-refractivity contribution in [2.45, 2.75) is 0 Å². The molecule has 0 atom stereocenters. The molecule has 2 radical (unpaired) electrons. The third-order valence-electron chi connectivity index (χ3n) is 1.79. The van der Waals surface area contributed by atoms with Gasteiger partial charge in [-0.1, -0.05) is 11.2 Å². The first-order valence-electron chi connectivity index (χ1n) is 3.72. The molecule has 0 unspecified atom stereocenters. The van der Waals surface area contributed by atoms with E-state index in [2.05, 4.69) is 21.8 Å². The highest BCUT2D eigenvalue weighted by atomic mass is 27.1. The minimum Gasteiger partial charge on any atom is -0.653 e. The molecule has 14 heavy (non-hydrogen) atoms. The predicted molar refractivity (Wildman–Crippen MR) is 47.4 cm³/mol. The summed E-state index contributed by atoms with van der Waals surface area (Å²) < 4.78 is 9.76. The highest BCUT2D eigenvalue weighted by molar-refractivity contribution is 6.06. The van der Waals surface area contributed by atoms with Crippen molar-refractivity contribution < 1.29 is 18.2 Å². The van der Waals surface area contributed by atoms with Crippen molar-refractivity contribution >= 4 is 33.6 Å². The van der Waals surface area contributed by atoms with E-state index >= 15 is 0 Å². The van der Waals surface area contributed by atoms with E-state index in [-0.39, 0.29) is 5.69 Å². The van der Waals surface area contributed by atoms with Crippen LogP contribution in [0.25, 0.3) is 11.0 Å². The maximum absolute atomic E-state index is 10.8. The van der Waals surface area contributed by atoms with Crippen molar-refractivity contribution in [3.63, 3.8) is 0 Å². The Kier molecular flexibility index (Phi) is 2.16. The Labute approximate surface area is 87.0 Å². The summed E-state index contributed by atoms with van der Waals surface area (Å²) in [5.41, 5.74) is 0.250. The molecule has 0 amide bonds. The maximum Gasteiger partial charge on any atom is 0.482 e. The summed E-state index contributed by atoms with van der Waals surface area (Å²) in [5, 5.41) is 12.6. The van der Waals surface area contributed by atoms with Crippen LogP contribution < -0.4 is 3.79 Å². The number of carboxylic acid groups (broad SMARTS) is 1. The van der Waals surface area contributed by atoms with Gasteiger partial charge in [0.05, 0.1) is 11.1 Å². The molecule has 1 N–H and O–H groups in total. The number of carboxylic acids is 1. The Morgan fingerprint density at radius 3 is 3.00 bits per heavy atom. The largest absolute Gasteiger partial charge is 0.653 e. The van der Waals surface area contributed by atoms with E-state index in [0.29, 0.717) is 16.7 Å². The lowest BCUT2D eigenvalue weighted by molar-refractivity contribution is 0.0687. The van der Waals surface area contributed by atoms with Gasteiger partial charge in [0.2, 0.25) is 5.69 Å². The normalized spacial score (nSPS) is 10.3. The van der Waals surface area contributed by atoms with Crippen LogP contribution in [-0.4, -0.2) is 32.9 Å². The SMILES string of the molecule is O=C(O)c1noc2cccc([O][Al])c12. The zero-order chi connectivity index (χ0) is 10.1. The Morgan fingerprint density at radius 1 is 1.57 bits per heavy atom. The van der Waals surface area contributed by atoms with Crippen LogP contribution in [-0.2, 0) is 0 Å². The summed E-state index contributed by atoms with van der Waals surface area (Å²) in [7, 11) is 0. The molecule has 6 heteroatoms. The van der Waals surface area contributed by atoms with Crippen molar-refractivity contribution in [3.8, 4) is 5.75 Å². The van der Waals surface area contributed by atoms with E-state index in [0.717, 1.165) is 0 Å². The van der Waals surface area contributed by atoms with E-state index in [4.69, 9.17) is 13.4 Å². The third kappa shape index (κ3) is 1.25. The van der Waals surface area contributed by atoms with E-state index in [1.807, 2.05) is 0 Å². The van der Waals surface area contributed by atoms with Crippen LogP contribution in [0.3, 0.4) is 0 Å². The average molecular weight is 205 g/mol. The molecule has 0 spiro atoms. The fourth-order valence-corrected chi connectivity index (χ4v) is 1.40. The second-order valence-corrected chi connectivity index (χ2v) is 2.82. The molecule has 0 aliphatic carbocycles. The quantitative estimate of drug-likeness (QED) is 0.740. The Bertz CT molecular complexity index is 493. The Hall–Kier alpha value is -1.51. The maximum atomic E-state index is 10.8. The number of nitrogens with zero attached hydrogens (tertiary/aromatic N) is 1. The molecule has 1 aromatic heterocycles. The fourth-order valence-electron chi connectivity index (χ4n) is 1.21. The molecule has 2 rings (SSSR count). The molecule has 0 aliphatic rings. The summed E-state index contributed by atoms with van der Waals surface area (Å²) >= 11 is 2.05. The number of aromatic nitrogens is 1. The van der Waals surface area contributed by atoms with E-state index in [1.54, 1.807) is 18.2 Å². The first-order valence-corrected chi connectivity index (χ1v) is 4.19. The zero-order valence-electron chi connectivity index (χ0n) is 6.93. The number of hydrogen-bond donors (Lipinski definition) is 1. The minimum absolute atomic E-state index is 0.141. The van der Waals surface area contributed by atoms with Gasteiger partial charge >= 0.3 is 22.6 Å². The molecular formula is C8H4AlNO4. The van der Waals surface area contributed by atoms with Crippen molar-refractivity contribution in [2.24, 2.45) is 0 Å². The molecule has 5 nitrogen and oxygen atoms in total. The van der Waals surface area contributed by atoms with Crippen molar-refractivity contribution in [3.05, 3.63) is 23.9 Å². The third-order valence-corrected chi connectivity index (χ3v) is 2.04. The van der Waals surface area contributed by atoms with Gasteiger partial charge in [-0.2, -0.15) is 0 Å². The topological polar surface area (TPSA) is 72.6 Å². The monoisotopic (exact) mass is 205 g/mol. The first-order chi connectivity index (χ1) is 6.74. The van der Waals surface area contributed by atoms with Crippen LogP contribution in [0.15, 0.2) is 22.7 Å². The number of carbonyl (C=O) groups is 1. The van der Waals surface area contributed by atoms with Gasteiger partial charge in [-0.15, -0.1) is 0 Å². The molecule has 2 aromatic rings. The second-order valence-electron chi connectivity index (χ2n) is 2.58. The van der Waals surface area contributed by atoms with Gasteiger partial charge in [0.25, 0.3) is 0 Å². The van der Waals surface area contributed by atoms with Crippen LogP contribution in [0.4, 0.5) is 0 Å². The number of aromatic carboxylic acids is 1. The van der Waals surface area contributed by atoms with E-state index in [1.165, 1.54) is 0 Å². The molecule has 0 fully saturated rings. The Balaban J connectivity index is 2.81. The lowest BCUT2D eigenvalue weighted by atomic mass is 10.2. The fraction of sp³-hybridized carbons (Fsp3) is 0. The van der Waals surface area contributed by atoms with Crippen molar-refractivity contribution in [1.29, 1.82) is 0 Å². The molecule has 1 aromatic carbocycles. The number of benzene rings is 1. The van der Waals surface area contributed by atoms with Crippen LogP contribution in [0.5, 0.6) is 5.75 Å². The molecule has 68 valence electrons. The molecule has 0 aliphatic heterocycles. The van der Waals surface area contributed by atoms with Crippen molar-refractivity contribution in [2.75, 3.05) is 0 Å². The Morgan fingerprint density at radius 2 is 2.36 bits per heavy atom. The van der Waals surface area contributed by atoms with Gasteiger partial charge in [0, 0.05) is 0 Å². The number of fused-ring (bicyclic) bond motifs is 1. The lowest BCUT2D eigenvalue weighted by Crippen LogP contribution is -1.97. The number of hydrogen-bond acceptors (Lipinski definition) is 4. The highest BCUT2D eigenvalue weighted by Gasteiger charge is 2.17.